The Morgan fingerprint density at radius 1 is 1.08 bits per heavy atom. The molecule has 0 N–H and O–H groups in total. The van der Waals surface area contributed by atoms with Crippen molar-refractivity contribution in [3.05, 3.63) is 35.9 Å². The second kappa shape index (κ2) is 6.09. The summed E-state index contributed by atoms with van der Waals surface area (Å²) in [5.41, 5.74) is 1.15. The summed E-state index contributed by atoms with van der Waals surface area (Å²) in [5, 5.41) is 0. The molecular formula is C19H26N2O3S. The van der Waals surface area contributed by atoms with Gasteiger partial charge in [0.2, 0.25) is 15.9 Å². The van der Waals surface area contributed by atoms with E-state index in [0.29, 0.717) is 19.1 Å². The highest BCUT2D eigenvalue weighted by Gasteiger charge is 2.50. The molecule has 4 rings (SSSR count). The van der Waals surface area contributed by atoms with Crippen LogP contribution in [0.4, 0.5) is 0 Å². The first-order chi connectivity index (χ1) is 11.9. The lowest BCUT2D eigenvalue weighted by atomic mass is 9.68. The number of carbonyl (C=O) groups excluding carboxylic acids is 1. The first-order valence-corrected chi connectivity index (χ1v) is 11.0. The van der Waals surface area contributed by atoms with E-state index >= 15 is 0 Å². The molecule has 1 unspecified atom stereocenters. The van der Waals surface area contributed by atoms with Crippen LogP contribution in [0.1, 0.15) is 43.6 Å². The molecule has 25 heavy (non-hydrogen) atoms. The number of benzene rings is 1. The number of nitrogens with zero attached hydrogens (tertiary/aromatic N) is 2. The molecule has 1 atom stereocenters. The van der Waals surface area contributed by atoms with Crippen LogP contribution in [0.2, 0.25) is 0 Å². The molecule has 1 aromatic rings. The average Bonchev–Trinajstić information content (AvgIpc) is 3.42. The summed E-state index contributed by atoms with van der Waals surface area (Å²) >= 11 is 0. The Bertz CT molecular complexity index is 750. The molecule has 3 aliphatic rings. The molecule has 1 aromatic carbocycles. The highest BCUT2D eigenvalue weighted by atomic mass is 32.2. The van der Waals surface area contributed by atoms with Gasteiger partial charge < -0.3 is 4.90 Å². The summed E-state index contributed by atoms with van der Waals surface area (Å²) in [4.78, 5) is 15.2. The van der Waals surface area contributed by atoms with E-state index in [1.807, 2.05) is 18.2 Å². The van der Waals surface area contributed by atoms with E-state index in [2.05, 4.69) is 17.0 Å². The zero-order chi connectivity index (χ0) is 17.7. The highest BCUT2D eigenvalue weighted by Crippen LogP contribution is 2.48. The van der Waals surface area contributed by atoms with Crippen LogP contribution in [0, 0.1) is 5.41 Å². The van der Waals surface area contributed by atoms with E-state index in [1.54, 1.807) is 4.31 Å². The van der Waals surface area contributed by atoms with Crippen LogP contribution in [0.25, 0.3) is 0 Å². The molecule has 0 bridgehead atoms. The summed E-state index contributed by atoms with van der Waals surface area (Å²) in [6.07, 6.45) is 6.05. The van der Waals surface area contributed by atoms with Gasteiger partial charge in [0.1, 0.15) is 0 Å². The molecule has 2 aliphatic heterocycles. The molecule has 2 saturated heterocycles. The van der Waals surface area contributed by atoms with Gasteiger partial charge in [-0.3, -0.25) is 4.79 Å². The standard InChI is InChI=1S/C19H26N2O3S/c1-25(23,24)20-11-9-19(10-12-20)13-17(15-5-3-2-4-6-15)18(22)21(14-19)16-7-8-16/h2-6,16-17H,7-14H2,1H3. The summed E-state index contributed by atoms with van der Waals surface area (Å²) < 4.78 is 25.3. The fourth-order valence-corrected chi connectivity index (χ4v) is 5.37. The topological polar surface area (TPSA) is 57.7 Å². The molecule has 3 fully saturated rings. The molecule has 5 nitrogen and oxygen atoms in total. The SMILES string of the molecule is CS(=O)(=O)N1CCC2(CC1)CC(c1ccccc1)C(=O)N(C1CC1)C2. The van der Waals surface area contributed by atoms with E-state index in [1.165, 1.54) is 6.26 Å². The number of rotatable bonds is 3. The van der Waals surface area contributed by atoms with Gasteiger partial charge in [-0.25, -0.2) is 12.7 Å². The van der Waals surface area contributed by atoms with Crippen LogP contribution in [-0.2, 0) is 14.8 Å². The summed E-state index contributed by atoms with van der Waals surface area (Å²) in [5.74, 6) is 0.185. The fourth-order valence-electron chi connectivity index (χ4n) is 4.52. The number of sulfonamides is 1. The number of likely N-dealkylation sites (tertiary alicyclic amines) is 1. The van der Waals surface area contributed by atoms with Crippen molar-refractivity contribution in [2.45, 2.75) is 44.1 Å². The van der Waals surface area contributed by atoms with Gasteiger partial charge in [0.05, 0.1) is 12.2 Å². The molecule has 136 valence electrons. The van der Waals surface area contributed by atoms with E-state index in [9.17, 15) is 13.2 Å². The van der Waals surface area contributed by atoms with Crippen LogP contribution in [0.5, 0.6) is 0 Å². The van der Waals surface area contributed by atoms with E-state index in [0.717, 1.165) is 44.2 Å². The van der Waals surface area contributed by atoms with Crippen molar-refractivity contribution >= 4 is 15.9 Å². The molecule has 0 aromatic heterocycles. The van der Waals surface area contributed by atoms with Crippen molar-refractivity contribution in [3.63, 3.8) is 0 Å². The number of hydrogen-bond acceptors (Lipinski definition) is 3. The predicted octanol–water partition coefficient (Wildman–Crippen LogP) is 2.21. The quantitative estimate of drug-likeness (QED) is 0.828. The first-order valence-electron chi connectivity index (χ1n) is 9.19. The Balaban J connectivity index is 1.60. The van der Waals surface area contributed by atoms with Gasteiger partial charge >= 0.3 is 0 Å². The lowest BCUT2D eigenvalue weighted by molar-refractivity contribution is -0.142. The molecule has 1 spiro atoms. The molecule has 1 aliphatic carbocycles. The number of amides is 1. The Hall–Kier alpha value is -1.40. The van der Waals surface area contributed by atoms with Crippen LogP contribution in [-0.4, -0.2) is 55.5 Å². The minimum Gasteiger partial charge on any atom is -0.339 e. The van der Waals surface area contributed by atoms with Gasteiger partial charge in [0, 0.05) is 25.7 Å². The maximum Gasteiger partial charge on any atom is 0.230 e. The van der Waals surface area contributed by atoms with Gasteiger partial charge in [0.15, 0.2) is 0 Å². The normalized spacial score (nSPS) is 27.6. The van der Waals surface area contributed by atoms with Crippen molar-refractivity contribution < 1.29 is 13.2 Å². The predicted molar refractivity (Wildman–Crippen MR) is 96.6 cm³/mol. The summed E-state index contributed by atoms with van der Waals surface area (Å²) in [6, 6.07) is 10.5. The monoisotopic (exact) mass is 362 g/mol. The lowest BCUT2D eigenvalue weighted by Gasteiger charge is -2.49. The Kier molecular flexibility index (Phi) is 4.15. The molecule has 2 heterocycles. The maximum absolute atomic E-state index is 13.1. The minimum atomic E-state index is -3.12. The van der Waals surface area contributed by atoms with Gasteiger partial charge in [-0.1, -0.05) is 30.3 Å². The summed E-state index contributed by atoms with van der Waals surface area (Å²) in [6.45, 7) is 1.96. The van der Waals surface area contributed by atoms with Gasteiger partial charge in [-0.05, 0) is 43.1 Å². The first kappa shape index (κ1) is 17.0. The Morgan fingerprint density at radius 2 is 1.72 bits per heavy atom. The average molecular weight is 362 g/mol. The lowest BCUT2D eigenvalue weighted by Crippen LogP contribution is -2.55. The van der Waals surface area contributed by atoms with Crippen molar-refractivity contribution in [1.82, 2.24) is 9.21 Å². The Labute approximate surface area is 150 Å². The van der Waals surface area contributed by atoms with Crippen molar-refractivity contribution in [2.24, 2.45) is 5.41 Å². The van der Waals surface area contributed by atoms with Crippen LogP contribution in [0.15, 0.2) is 30.3 Å². The third kappa shape index (κ3) is 3.34. The highest BCUT2D eigenvalue weighted by molar-refractivity contribution is 7.88. The van der Waals surface area contributed by atoms with E-state index < -0.39 is 10.0 Å². The van der Waals surface area contributed by atoms with Crippen molar-refractivity contribution in [2.75, 3.05) is 25.9 Å². The maximum atomic E-state index is 13.1. The van der Waals surface area contributed by atoms with Crippen molar-refractivity contribution in [3.8, 4) is 0 Å². The molecular weight excluding hydrogens is 336 g/mol. The van der Waals surface area contributed by atoms with Gasteiger partial charge in [-0.2, -0.15) is 0 Å². The van der Waals surface area contributed by atoms with E-state index in [4.69, 9.17) is 0 Å². The zero-order valence-electron chi connectivity index (χ0n) is 14.7. The third-order valence-electron chi connectivity index (χ3n) is 6.17. The molecule has 1 saturated carbocycles. The number of hydrogen-bond donors (Lipinski definition) is 0. The Morgan fingerprint density at radius 3 is 2.28 bits per heavy atom. The zero-order valence-corrected chi connectivity index (χ0v) is 15.5. The smallest absolute Gasteiger partial charge is 0.230 e. The third-order valence-corrected chi connectivity index (χ3v) is 7.47. The summed E-state index contributed by atoms with van der Waals surface area (Å²) in [7, 11) is -3.12. The number of piperidine rings is 2. The van der Waals surface area contributed by atoms with Crippen molar-refractivity contribution in [1.29, 1.82) is 0 Å². The second-order valence-electron chi connectivity index (χ2n) is 8.03. The molecule has 0 radical (unpaired) electrons. The molecule has 6 heteroatoms. The van der Waals surface area contributed by atoms with Crippen LogP contribution >= 0.6 is 0 Å². The van der Waals surface area contributed by atoms with E-state index in [-0.39, 0.29) is 17.2 Å². The second-order valence-corrected chi connectivity index (χ2v) is 10.0. The largest absolute Gasteiger partial charge is 0.339 e. The molecule has 1 amide bonds. The van der Waals surface area contributed by atoms with Crippen LogP contribution in [0.3, 0.4) is 0 Å². The number of carbonyl (C=O) groups is 1. The van der Waals surface area contributed by atoms with Crippen LogP contribution < -0.4 is 0 Å². The fraction of sp³-hybridized carbons (Fsp3) is 0.632. The van der Waals surface area contributed by atoms with Gasteiger partial charge in [-0.15, -0.1) is 0 Å². The minimum absolute atomic E-state index is 0.0538. The van der Waals surface area contributed by atoms with Gasteiger partial charge in [0.25, 0.3) is 0 Å².